The minimum absolute atomic E-state index is 0.195. The van der Waals surface area contributed by atoms with E-state index >= 15 is 0 Å². The number of hydrogen-bond donors (Lipinski definition) is 1. The average molecular weight is 247 g/mol. The highest BCUT2D eigenvalue weighted by Gasteiger charge is 2.39. The molecule has 18 heavy (non-hydrogen) atoms. The zero-order chi connectivity index (χ0) is 13.2. The summed E-state index contributed by atoms with van der Waals surface area (Å²) in [5.74, 6) is -0.195. The average Bonchev–Trinajstić information content (AvgIpc) is 2.70. The lowest BCUT2D eigenvalue weighted by Gasteiger charge is -2.25. The molecule has 0 amide bonds. The molecule has 1 aliphatic carbocycles. The number of nitrogens with one attached hydrogen (secondary N) is 1. The first-order valence-corrected chi connectivity index (χ1v) is 6.18. The second-order valence-corrected chi connectivity index (χ2v) is 5.01. The molecule has 0 heterocycles. The van der Waals surface area contributed by atoms with Gasteiger partial charge in [0.1, 0.15) is 11.4 Å². The van der Waals surface area contributed by atoms with Crippen molar-refractivity contribution in [1.82, 2.24) is 10.2 Å². The molecule has 1 N–H and O–H groups in total. The van der Waals surface area contributed by atoms with Gasteiger partial charge in [-0.2, -0.15) is 5.26 Å². The Labute approximate surface area is 107 Å². The smallest absolute Gasteiger partial charge is 0.133 e. The van der Waals surface area contributed by atoms with Gasteiger partial charge in [-0.25, -0.2) is 4.39 Å². The van der Waals surface area contributed by atoms with Crippen LogP contribution in [0, 0.1) is 17.1 Å². The van der Waals surface area contributed by atoms with E-state index in [1.54, 1.807) is 6.07 Å². The Balaban J connectivity index is 2.22. The van der Waals surface area contributed by atoms with Crippen molar-refractivity contribution in [1.29, 1.82) is 5.26 Å². The SMILES string of the molecule is CN(C)CCNC1(C#N)CCc2c(F)cccc21. The standard InChI is InChI=1S/C14H18FN3/c1-18(2)9-8-17-14(10-16)7-6-11-12(14)4-3-5-13(11)15/h3-5,17H,6-9H2,1-2H3. The third-order valence-corrected chi connectivity index (χ3v) is 3.51. The van der Waals surface area contributed by atoms with E-state index in [4.69, 9.17) is 0 Å². The van der Waals surface area contributed by atoms with E-state index in [0.717, 1.165) is 18.7 Å². The maximum Gasteiger partial charge on any atom is 0.133 e. The molecule has 1 aromatic carbocycles. The summed E-state index contributed by atoms with van der Waals surface area (Å²) in [5, 5.41) is 12.8. The zero-order valence-electron chi connectivity index (χ0n) is 10.8. The Morgan fingerprint density at radius 1 is 1.50 bits per heavy atom. The van der Waals surface area contributed by atoms with Gasteiger partial charge in [0.2, 0.25) is 0 Å². The van der Waals surface area contributed by atoms with Gasteiger partial charge in [-0.3, -0.25) is 5.32 Å². The van der Waals surface area contributed by atoms with Crippen molar-refractivity contribution in [3.8, 4) is 6.07 Å². The van der Waals surface area contributed by atoms with E-state index in [0.29, 0.717) is 18.4 Å². The van der Waals surface area contributed by atoms with Gasteiger partial charge in [0.25, 0.3) is 0 Å². The van der Waals surface area contributed by atoms with E-state index in [1.807, 2.05) is 20.2 Å². The topological polar surface area (TPSA) is 39.1 Å². The van der Waals surface area contributed by atoms with Crippen LogP contribution in [0.2, 0.25) is 0 Å². The molecule has 0 radical (unpaired) electrons. The van der Waals surface area contributed by atoms with Crippen molar-refractivity contribution >= 4 is 0 Å². The van der Waals surface area contributed by atoms with Gasteiger partial charge in [-0.05, 0) is 44.1 Å². The van der Waals surface area contributed by atoms with E-state index < -0.39 is 5.54 Å². The Hall–Kier alpha value is -1.44. The lowest BCUT2D eigenvalue weighted by molar-refractivity contribution is 0.354. The maximum absolute atomic E-state index is 13.7. The Kier molecular flexibility index (Phi) is 3.65. The number of rotatable bonds is 4. The summed E-state index contributed by atoms with van der Waals surface area (Å²) in [5.41, 5.74) is 0.785. The molecule has 0 saturated heterocycles. The van der Waals surface area contributed by atoms with Crippen LogP contribution in [0.5, 0.6) is 0 Å². The number of hydrogen-bond acceptors (Lipinski definition) is 3. The molecule has 0 fully saturated rings. The summed E-state index contributed by atoms with van der Waals surface area (Å²) >= 11 is 0. The van der Waals surface area contributed by atoms with Crippen molar-refractivity contribution in [2.45, 2.75) is 18.4 Å². The van der Waals surface area contributed by atoms with Crippen molar-refractivity contribution < 1.29 is 4.39 Å². The van der Waals surface area contributed by atoms with Gasteiger partial charge in [-0.15, -0.1) is 0 Å². The molecule has 0 spiro atoms. The second-order valence-electron chi connectivity index (χ2n) is 5.01. The normalized spacial score (nSPS) is 21.9. The van der Waals surface area contributed by atoms with E-state index in [1.165, 1.54) is 6.07 Å². The first kappa shape index (κ1) is 13.0. The summed E-state index contributed by atoms with van der Waals surface area (Å²) in [6.45, 7) is 1.57. The fourth-order valence-electron chi connectivity index (χ4n) is 2.49. The maximum atomic E-state index is 13.7. The lowest BCUT2D eigenvalue weighted by Crippen LogP contribution is -2.42. The highest BCUT2D eigenvalue weighted by atomic mass is 19.1. The van der Waals surface area contributed by atoms with Crippen molar-refractivity contribution in [2.75, 3.05) is 27.2 Å². The van der Waals surface area contributed by atoms with Gasteiger partial charge < -0.3 is 4.90 Å². The van der Waals surface area contributed by atoms with Crippen LogP contribution >= 0.6 is 0 Å². The molecule has 2 rings (SSSR count). The third kappa shape index (κ3) is 2.24. The van der Waals surface area contributed by atoms with Crippen LogP contribution in [-0.4, -0.2) is 32.1 Å². The number of nitrogens with zero attached hydrogens (tertiary/aromatic N) is 2. The van der Waals surface area contributed by atoms with Crippen LogP contribution in [0.3, 0.4) is 0 Å². The van der Waals surface area contributed by atoms with Gasteiger partial charge in [0, 0.05) is 13.1 Å². The highest BCUT2D eigenvalue weighted by molar-refractivity contribution is 5.44. The molecule has 0 aromatic heterocycles. The van der Waals surface area contributed by atoms with Crippen LogP contribution < -0.4 is 5.32 Å². The molecule has 1 atom stereocenters. The Bertz CT molecular complexity index is 478. The number of halogens is 1. The molecular weight excluding hydrogens is 229 g/mol. The van der Waals surface area contributed by atoms with Gasteiger partial charge >= 0.3 is 0 Å². The molecule has 0 saturated carbocycles. The lowest BCUT2D eigenvalue weighted by atomic mass is 9.93. The first-order chi connectivity index (χ1) is 8.59. The van der Waals surface area contributed by atoms with Crippen LogP contribution in [0.1, 0.15) is 17.5 Å². The Morgan fingerprint density at radius 3 is 2.94 bits per heavy atom. The van der Waals surface area contributed by atoms with Crippen molar-refractivity contribution in [2.24, 2.45) is 0 Å². The number of fused-ring (bicyclic) bond motifs is 1. The Morgan fingerprint density at radius 2 is 2.28 bits per heavy atom. The second kappa shape index (κ2) is 5.05. The summed E-state index contributed by atoms with van der Waals surface area (Å²) in [4.78, 5) is 2.06. The molecule has 1 aliphatic rings. The van der Waals surface area contributed by atoms with E-state index in [2.05, 4.69) is 16.3 Å². The molecule has 1 aromatic rings. The van der Waals surface area contributed by atoms with Gasteiger partial charge in [0.15, 0.2) is 0 Å². The number of benzene rings is 1. The minimum atomic E-state index is -0.715. The van der Waals surface area contributed by atoms with Crippen LogP contribution in [0.25, 0.3) is 0 Å². The largest absolute Gasteiger partial charge is 0.308 e. The molecule has 0 bridgehead atoms. The highest BCUT2D eigenvalue weighted by Crippen LogP contribution is 2.37. The van der Waals surface area contributed by atoms with Crippen LogP contribution in [0.15, 0.2) is 18.2 Å². The van der Waals surface area contributed by atoms with E-state index in [9.17, 15) is 9.65 Å². The molecular formula is C14H18FN3. The molecule has 1 unspecified atom stereocenters. The fraction of sp³-hybridized carbons (Fsp3) is 0.500. The van der Waals surface area contributed by atoms with Gasteiger partial charge in [0.05, 0.1) is 6.07 Å². The predicted octanol–water partition coefficient (Wildman–Crippen LogP) is 1.64. The number of nitriles is 1. The minimum Gasteiger partial charge on any atom is -0.308 e. The third-order valence-electron chi connectivity index (χ3n) is 3.51. The summed E-state index contributed by atoms with van der Waals surface area (Å²) < 4.78 is 13.7. The fourth-order valence-corrected chi connectivity index (χ4v) is 2.49. The molecule has 0 aliphatic heterocycles. The summed E-state index contributed by atoms with van der Waals surface area (Å²) in [7, 11) is 3.98. The molecule has 96 valence electrons. The first-order valence-electron chi connectivity index (χ1n) is 6.18. The van der Waals surface area contributed by atoms with Crippen molar-refractivity contribution in [3.05, 3.63) is 35.1 Å². The van der Waals surface area contributed by atoms with Crippen molar-refractivity contribution in [3.63, 3.8) is 0 Å². The van der Waals surface area contributed by atoms with Crippen LogP contribution in [0.4, 0.5) is 4.39 Å². The summed E-state index contributed by atoms with van der Waals surface area (Å²) in [6, 6.07) is 7.34. The summed E-state index contributed by atoms with van der Waals surface area (Å²) in [6.07, 6.45) is 1.28. The number of likely N-dealkylation sites (N-methyl/N-ethyl adjacent to an activating group) is 1. The quantitative estimate of drug-likeness (QED) is 0.879. The van der Waals surface area contributed by atoms with Crippen LogP contribution in [-0.2, 0) is 12.0 Å². The molecule has 3 nitrogen and oxygen atoms in total. The zero-order valence-corrected chi connectivity index (χ0v) is 10.8. The van der Waals surface area contributed by atoms with E-state index in [-0.39, 0.29) is 5.82 Å². The van der Waals surface area contributed by atoms with Gasteiger partial charge in [-0.1, -0.05) is 12.1 Å². The predicted molar refractivity (Wildman–Crippen MR) is 68.6 cm³/mol. The monoisotopic (exact) mass is 247 g/mol. The molecule has 4 heteroatoms.